The zero-order chi connectivity index (χ0) is 33.2. The summed E-state index contributed by atoms with van der Waals surface area (Å²) in [6.45, 7) is 0. The minimum absolute atomic E-state index is 0.0355. The molecule has 0 bridgehead atoms. The normalized spacial score (nSPS) is 11.7. The average molecular weight is 662 g/mol. The molecule has 0 N–H and O–H groups in total. The molecule has 50 heavy (non-hydrogen) atoms. The van der Waals surface area contributed by atoms with E-state index in [0.717, 1.165) is 65.9 Å². The minimum Gasteiger partial charge on any atom is -0.456 e. The molecule has 0 spiro atoms. The Morgan fingerprint density at radius 1 is 0.520 bits per heavy atom. The van der Waals surface area contributed by atoms with Crippen molar-refractivity contribution in [2.75, 3.05) is 4.90 Å². The molecule has 6 heteroatoms. The van der Waals surface area contributed by atoms with Crippen LogP contribution >= 0.6 is 11.3 Å². The van der Waals surface area contributed by atoms with Gasteiger partial charge >= 0.3 is 0 Å². The first-order valence-electron chi connectivity index (χ1n) is 16.5. The highest BCUT2D eigenvalue weighted by Gasteiger charge is 2.17. The van der Waals surface area contributed by atoms with E-state index in [9.17, 15) is 4.79 Å². The second-order valence-corrected chi connectivity index (χ2v) is 13.4. The highest BCUT2D eigenvalue weighted by atomic mass is 32.1. The predicted octanol–water partition coefficient (Wildman–Crippen LogP) is 11.8. The lowest BCUT2D eigenvalue weighted by molar-refractivity contribution is 0.669. The van der Waals surface area contributed by atoms with E-state index in [0.29, 0.717) is 10.3 Å². The van der Waals surface area contributed by atoms with Gasteiger partial charge in [0.2, 0.25) is 0 Å². The molecule has 0 fully saturated rings. The second-order valence-electron chi connectivity index (χ2n) is 12.4. The lowest BCUT2D eigenvalue weighted by Crippen LogP contribution is -2.13. The van der Waals surface area contributed by atoms with E-state index >= 15 is 0 Å². The largest absolute Gasteiger partial charge is 0.456 e. The van der Waals surface area contributed by atoms with Crippen LogP contribution in [0.3, 0.4) is 0 Å². The third-order valence-corrected chi connectivity index (χ3v) is 10.5. The van der Waals surface area contributed by atoms with Crippen molar-refractivity contribution in [3.05, 3.63) is 174 Å². The van der Waals surface area contributed by atoms with Crippen LogP contribution in [-0.4, -0.2) is 9.38 Å². The molecule has 0 atom stereocenters. The van der Waals surface area contributed by atoms with Crippen LogP contribution < -0.4 is 10.5 Å². The number of thiazole rings is 1. The van der Waals surface area contributed by atoms with Crippen LogP contribution in [0.1, 0.15) is 0 Å². The summed E-state index contributed by atoms with van der Waals surface area (Å²) < 4.78 is 9.05. The number of benzene rings is 7. The van der Waals surface area contributed by atoms with E-state index in [1.807, 2.05) is 54.6 Å². The fourth-order valence-corrected chi connectivity index (χ4v) is 8.05. The van der Waals surface area contributed by atoms with Crippen LogP contribution in [-0.2, 0) is 0 Å². The van der Waals surface area contributed by atoms with Crippen LogP contribution in [0.5, 0.6) is 0 Å². The summed E-state index contributed by atoms with van der Waals surface area (Å²) in [5.41, 5.74) is 10.9. The highest BCUT2D eigenvalue weighted by molar-refractivity contribution is 7.23. The number of furan rings is 1. The molecule has 236 valence electrons. The first-order valence-corrected chi connectivity index (χ1v) is 17.3. The number of para-hydroxylation sites is 2. The van der Waals surface area contributed by atoms with Gasteiger partial charge in [-0.15, -0.1) is 0 Å². The number of hydrogen-bond donors (Lipinski definition) is 0. The van der Waals surface area contributed by atoms with E-state index in [1.165, 1.54) is 22.5 Å². The molecule has 0 radical (unpaired) electrons. The molecule has 7 aromatic carbocycles. The van der Waals surface area contributed by atoms with E-state index in [4.69, 9.17) is 9.40 Å². The van der Waals surface area contributed by atoms with Gasteiger partial charge in [0.25, 0.3) is 5.56 Å². The van der Waals surface area contributed by atoms with Crippen LogP contribution in [0.4, 0.5) is 17.1 Å². The molecule has 0 saturated carbocycles. The van der Waals surface area contributed by atoms with Gasteiger partial charge in [0.05, 0.1) is 21.1 Å². The van der Waals surface area contributed by atoms with Crippen LogP contribution in [0.25, 0.3) is 70.3 Å². The summed E-state index contributed by atoms with van der Waals surface area (Å²) in [5.74, 6) is 0. The molecule has 0 aliphatic heterocycles. The maximum absolute atomic E-state index is 13.4. The molecular weight excluding hydrogens is 635 g/mol. The van der Waals surface area contributed by atoms with Gasteiger partial charge in [-0.2, -0.15) is 0 Å². The number of nitrogens with zero attached hydrogens (tertiary/aromatic N) is 3. The number of hydrogen-bond acceptors (Lipinski definition) is 5. The van der Waals surface area contributed by atoms with Gasteiger partial charge in [-0.25, -0.2) is 4.98 Å². The van der Waals surface area contributed by atoms with Crippen molar-refractivity contribution < 1.29 is 4.42 Å². The van der Waals surface area contributed by atoms with Crippen molar-refractivity contribution in [3.8, 4) is 22.3 Å². The van der Waals surface area contributed by atoms with Crippen LogP contribution in [0.15, 0.2) is 173 Å². The summed E-state index contributed by atoms with van der Waals surface area (Å²) in [6, 6.07) is 56.2. The second kappa shape index (κ2) is 11.3. The maximum atomic E-state index is 13.4. The Labute approximate surface area is 290 Å². The van der Waals surface area contributed by atoms with E-state index in [2.05, 4.69) is 114 Å². The number of fused-ring (bicyclic) bond motifs is 7. The molecule has 10 rings (SSSR count). The number of aromatic nitrogens is 2. The highest BCUT2D eigenvalue weighted by Crippen LogP contribution is 2.40. The predicted molar refractivity (Wildman–Crippen MR) is 207 cm³/mol. The zero-order valence-electron chi connectivity index (χ0n) is 26.7. The maximum Gasteiger partial charge on any atom is 0.266 e. The molecule has 3 aromatic heterocycles. The summed E-state index contributed by atoms with van der Waals surface area (Å²) in [6.07, 6.45) is 0. The molecule has 10 aromatic rings. The minimum atomic E-state index is -0.0355. The SMILES string of the molecule is O=c1c2ccccc2nc2sc3cc(-c4ccc(N(c5ccc(-c6ccccc6)cc5)c5ccc6c(c5)oc5ccccc56)cc4)ccc3n12. The molecule has 0 aliphatic rings. The Morgan fingerprint density at radius 2 is 1.12 bits per heavy atom. The number of rotatable bonds is 5. The van der Waals surface area contributed by atoms with Crippen molar-refractivity contribution in [1.82, 2.24) is 9.38 Å². The van der Waals surface area contributed by atoms with Crippen molar-refractivity contribution in [2.45, 2.75) is 0 Å². The summed E-state index contributed by atoms with van der Waals surface area (Å²) in [5, 5.41) is 2.84. The average Bonchev–Trinajstić information content (AvgIpc) is 3.73. The summed E-state index contributed by atoms with van der Waals surface area (Å²) in [7, 11) is 0. The third kappa shape index (κ3) is 4.61. The molecule has 0 amide bonds. The van der Waals surface area contributed by atoms with Crippen molar-refractivity contribution >= 4 is 76.4 Å². The van der Waals surface area contributed by atoms with E-state index in [1.54, 1.807) is 4.40 Å². The molecule has 0 aliphatic carbocycles. The monoisotopic (exact) mass is 661 g/mol. The van der Waals surface area contributed by atoms with Gasteiger partial charge in [-0.3, -0.25) is 9.20 Å². The molecular formula is C44H27N3O2S. The van der Waals surface area contributed by atoms with Crippen molar-refractivity contribution in [2.24, 2.45) is 0 Å². The first kappa shape index (κ1) is 28.5. The topological polar surface area (TPSA) is 50.8 Å². The molecule has 0 unspecified atom stereocenters. The fraction of sp³-hybridized carbons (Fsp3) is 0. The third-order valence-electron chi connectivity index (χ3n) is 9.46. The van der Waals surface area contributed by atoms with Gasteiger partial charge in [-0.05, 0) is 89.0 Å². The molecule has 0 saturated heterocycles. The van der Waals surface area contributed by atoms with Crippen molar-refractivity contribution in [1.29, 1.82) is 0 Å². The Kier molecular flexibility index (Phi) is 6.44. The Bertz CT molecular complexity index is 2940. The first-order chi connectivity index (χ1) is 24.7. The fourth-order valence-electron chi connectivity index (χ4n) is 6.99. The Morgan fingerprint density at radius 3 is 1.90 bits per heavy atom. The lowest BCUT2D eigenvalue weighted by atomic mass is 10.0. The van der Waals surface area contributed by atoms with Gasteiger partial charge in [0.15, 0.2) is 4.96 Å². The van der Waals surface area contributed by atoms with Gasteiger partial charge in [0.1, 0.15) is 11.2 Å². The Hall–Kier alpha value is -6.50. The van der Waals surface area contributed by atoms with Crippen molar-refractivity contribution in [3.63, 3.8) is 0 Å². The van der Waals surface area contributed by atoms with E-state index < -0.39 is 0 Å². The summed E-state index contributed by atoms with van der Waals surface area (Å²) in [4.78, 5) is 21.1. The van der Waals surface area contributed by atoms with Crippen LogP contribution in [0, 0.1) is 0 Å². The van der Waals surface area contributed by atoms with Gasteiger partial charge < -0.3 is 9.32 Å². The smallest absolute Gasteiger partial charge is 0.266 e. The van der Waals surface area contributed by atoms with Gasteiger partial charge in [-0.1, -0.05) is 102 Å². The van der Waals surface area contributed by atoms with Gasteiger partial charge in [0, 0.05) is 33.9 Å². The number of anilines is 3. The zero-order valence-corrected chi connectivity index (χ0v) is 27.5. The standard InChI is InChI=1S/C44H27N3O2S/c48-43-37-11-4-6-12-38(37)45-44-47(43)39-25-18-31(26-42(39)50-44)30-16-21-33(22-17-30)46(32-19-14-29(15-20-32)28-8-2-1-3-9-28)34-23-24-36-35-10-5-7-13-40(35)49-41(36)27-34/h1-27H. The lowest BCUT2D eigenvalue weighted by Gasteiger charge is -2.26. The molecule has 3 heterocycles. The van der Waals surface area contributed by atoms with Crippen LogP contribution in [0.2, 0.25) is 0 Å². The summed E-state index contributed by atoms with van der Waals surface area (Å²) >= 11 is 1.54. The quantitative estimate of drug-likeness (QED) is 0.184. The molecule has 5 nitrogen and oxygen atoms in total. The Balaban J connectivity index is 1.06. The van der Waals surface area contributed by atoms with E-state index in [-0.39, 0.29) is 5.56 Å².